The molecular weight excluding hydrogens is 176 g/mol. The van der Waals surface area contributed by atoms with E-state index < -0.39 is 0 Å². The summed E-state index contributed by atoms with van der Waals surface area (Å²) in [7, 11) is 0. The maximum absolute atomic E-state index is 4.39. The Labute approximate surface area is 84.2 Å². The van der Waals surface area contributed by atoms with E-state index in [4.69, 9.17) is 0 Å². The van der Waals surface area contributed by atoms with Crippen LogP contribution in [0.5, 0.6) is 0 Å². The van der Waals surface area contributed by atoms with Gasteiger partial charge in [-0.05, 0) is 19.3 Å². The number of anilines is 2. The fourth-order valence-electron chi connectivity index (χ4n) is 1.41. The van der Waals surface area contributed by atoms with Gasteiger partial charge in [-0.25, -0.2) is 4.98 Å². The first kappa shape index (κ1) is 9.24. The Balaban J connectivity index is 1.99. The van der Waals surface area contributed by atoms with Gasteiger partial charge in [0.25, 0.3) is 0 Å². The molecule has 4 heteroatoms. The van der Waals surface area contributed by atoms with Gasteiger partial charge in [0.05, 0.1) is 12.4 Å². The molecule has 0 saturated heterocycles. The first-order chi connectivity index (χ1) is 6.79. The standard InChI is InChI=1S/C10H16N4/c1-3-12-9-5-11-6-10(14-9)13-8-4-7(8)2/h5-8H,3-4H2,1-2H3,(H2,12,13,14). The van der Waals surface area contributed by atoms with E-state index in [1.165, 1.54) is 6.42 Å². The number of nitrogens with one attached hydrogen (secondary N) is 2. The van der Waals surface area contributed by atoms with Gasteiger partial charge < -0.3 is 10.6 Å². The second-order valence-corrected chi connectivity index (χ2v) is 3.78. The summed E-state index contributed by atoms with van der Waals surface area (Å²) in [5.74, 6) is 2.49. The van der Waals surface area contributed by atoms with Crippen LogP contribution in [0.15, 0.2) is 12.4 Å². The number of hydrogen-bond donors (Lipinski definition) is 2. The zero-order chi connectivity index (χ0) is 9.97. The second kappa shape index (κ2) is 3.82. The van der Waals surface area contributed by atoms with E-state index >= 15 is 0 Å². The molecule has 2 atom stereocenters. The molecular formula is C10H16N4. The quantitative estimate of drug-likeness (QED) is 0.762. The van der Waals surface area contributed by atoms with Crippen molar-refractivity contribution >= 4 is 11.6 Å². The van der Waals surface area contributed by atoms with Crippen LogP contribution in [0.2, 0.25) is 0 Å². The third kappa shape index (κ3) is 2.13. The molecule has 76 valence electrons. The van der Waals surface area contributed by atoms with Gasteiger partial charge in [-0.1, -0.05) is 6.92 Å². The number of hydrogen-bond acceptors (Lipinski definition) is 4. The molecule has 4 nitrogen and oxygen atoms in total. The van der Waals surface area contributed by atoms with E-state index in [1.807, 2.05) is 6.92 Å². The summed E-state index contributed by atoms with van der Waals surface area (Å²) >= 11 is 0. The molecule has 0 amide bonds. The van der Waals surface area contributed by atoms with Gasteiger partial charge in [-0.15, -0.1) is 0 Å². The van der Waals surface area contributed by atoms with Gasteiger partial charge in [0.2, 0.25) is 0 Å². The molecule has 0 bridgehead atoms. The van der Waals surface area contributed by atoms with E-state index in [-0.39, 0.29) is 0 Å². The molecule has 1 aromatic heterocycles. The lowest BCUT2D eigenvalue weighted by Gasteiger charge is -2.06. The van der Waals surface area contributed by atoms with Crippen LogP contribution in [0.1, 0.15) is 20.3 Å². The van der Waals surface area contributed by atoms with Gasteiger partial charge in [0, 0.05) is 12.6 Å². The summed E-state index contributed by atoms with van der Waals surface area (Å²) in [5, 5.41) is 6.49. The normalized spacial score (nSPS) is 24.4. The Bertz CT molecular complexity index is 313. The van der Waals surface area contributed by atoms with Crippen LogP contribution in [0.4, 0.5) is 11.6 Å². The van der Waals surface area contributed by atoms with Crippen molar-refractivity contribution in [3.05, 3.63) is 12.4 Å². The Kier molecular flexibility index (Phi) is 2.52. The van der Waals surface area contributed by atoms with E-state index in [1.54, 1.807) is 12.4 Å². The Morgan fingerprint density at radius 1 is 1.43 bits per heavy atom. The molecule has 1 fully saturated rings. The smallest absolute Gasteiger partial charge is 0.147 e. The van der Waals surface area contributed by atoms with Crippen LogP contribution in [0, 0.1) is 5.92 Å². The third-order valence-corrected chi connectivity index (χ3v) is 2.44. The van der Waals surface area contributed by atoms with E-state index in [2.05, 4.69) is 27.5 Å². The van der Waals surface area contributed by atoms with Crippen molar-refractivity contribution in [2.45, 2.75) is 26.3 Å². The monoisotopic (exact) mass is 192 g/mol. The molecule has 1 saturated carbocycles. The molecule has 1 aliphatic rings. The first-order valence-electron chi connectivity index (χ1n) is 5.12. The van der Waals surface area contributed by atoms with Crippen LogP contribution in [0.3, 0.4) is 0 Å². The highest BCUT2D eigenvalue weighted by molar-refractivity contribution is 5.43. The zero-order valence-electron chi connectivity index (χ0n) is 8.62. The van der Waals surface area contributed by atoms with Crippen molar-refractivity contribution in [1.82, 2.24) is 9.97 Å². The third-order valence-electron chi connectivity index (χ3n) is 2.44. The average Bonchev–Trinajstić information content (AvgIpc) is 2.83. The highest BCUT2D eigenvalue weighted by Gasteiger charge is 2.32. The molecule has 1 heterocycles. The maximum Gasteiger partial charge on any atom is 0.147 e. The molecule has 0 aliphatic heterocycles. The fraction of sp³-hybridized carbons (Fsp3) is 0.600. The lowest BCUT2D eigenvalue weighted by molar-refractivity contribution is 0.921. The molecule has 2 unspecified atom stereocenters. The van der Waals surface area contributed by atoms with Crippen LogP contribution >= 0.6 is 0 Å². The minimum absolute atomic E-state index is 0.598. The van der Waals surface area contributed by atoms with Crippen LogP contribution in [0.25, 0.3) is 0 Å². The highest BCUT2D eigenvalue weighted by Crippen LogP contribution is 2.31. The predicted molar refractivity (Wildman–Crippen MR) is 57.4 cm³/mol. The Morgan fingerprint density at radius 2 is 2.14 bits per heavy atom. The predicted octanol–water partition coefficient (Wildman–Crippen LogP) is 1.73. The Morgan fingerprint density at radius 3 is 2.79 bits per heavy atom. The molecule has 0 spiro atoms. The molecule has 2 N–H and O–H groups in total. The lowest BCUT2D eigenvalue weighted by Crippen LogP contribution is -2.07. The first-order valence-corrected chi connectivity index (χ1v) is 5.12. The lowest BCUT2D eigenvalue weighted by atomic mass is 10.5. The van der Waals surface area contributed by atoms with Gasteiger partial charge in [-0.3, -0.25) is 4.98 Å². The summed E-state index contributed by atoms with van der Waals surface area (Å²) < 4.78 is 0. The maximum atomic E-state index is 4.39. The van der Waals surface area contributed by atoms with E-state index in [9.17, 15) is 0 Å². The van der Waals surface area contributed by atoms with Crippen molar-refractivity contribution in [2.75, 3.05) is 17.2 Å². The van der Waals surface area contributed by atoms with Gasteiger partial charge in [0.1, 0.15) is 11.6 Å². The van der Waals surface area contributed by atoms with Crippen molar-refractivity contribution < 1.29 is 0 Å². The highest BCUT2D eigenvalue weighted by atomic mass is 15.1. The SMILES string of the molecule is CCNc1cncc(NC2CC2C)n1. The van der Waals surface area contributed by atoms with Gasteiger partial charge >= 0.3 is 0 Å². The molecule has 1 aromatic rings. The molecule has 2 rings (SSSR count). The number of nitrogens with zero attached hydrogens (tertiary/aromatic N) is 2. The summed E-state index contributed by atoms with van der Waals surface area (Å²) in [6, 6.07) is 0.598. The molecule has 0 aromatic carbocycles. The van der Waals surface area contributed by atoms with Crippen molar-refractivity contribution in [1.29, 1.82) is 0 Å². The Hall–Kier alpha value is -1.32. The van der Waals surface area contributed by atoms with Crippen molar-refractivity contribution in [3.8, 4) is 0 Å². The summed E-state index contributed by atoms with van der Waals surface area (Å²) in [4.78, 5) is 8.51. The topological polar surface area (TPSA) is 49.8 Å². The van der Waals surface area contributed by atoms with Crippen LogP contribution in [-0.2, 0) is 0 Å². The zero-order valence-corrected chi connectivity index (χ0v) is 8.62. The van der Waals surface area contributed by atoms with Crippen LogP contribution < -0.4 is 10.6 Å². The molecule has 0 radical (unpaired) electrons. The summed E-state index contributed by atoms with van der Waals surface area (Å²) in [6.45, 7) is 5.15. The largest absolute Gasteiger partial charge is 0.369 e. The van der Waals surface area contributed by atoms with Crippen LogP contribution in [-0.4, -0.2) is 22.6 Å². The summed E-state index contributed by atoms with van der Waals surface area (Å²) in [5.41, 5.74) is 0. The summed E-state index contributed by atoms with van der Waals surface area (Å²) in [6.07, 6.45) is 4.75. The van der Waals surface area contributed by atoms with Gasteiger partial charge in [0.15, 0.2) is 0 Å². The number of aromatic nitrogens is 2. The van der Waals surface area contributed by atoms with E-state index in [0.717, 1.165) is 24.1 Å². The second-order valence-electron chi connectivity index (χ2n) is 3.78. The number of rotatable bonds is 4. The van der Waals surface area contributed by atoms with Crippen molar-refractivity contribution in [3.63, 3.8) is 0 Å². The average molecular weight is 192 g/mol. The molecule has 1 aliphatic carbocycles. The molecule has 14 heavy (non-hydrogen) atoms. The minimum atomic E-state index is 0.598. The fourth-order valence-corrected chi connectivity index (χ4v) is 1.41. The van der Waals surface area contributed by atoms with Gasteiger partial charge in [-0.2, -0.15) is 0 Å². The minimum Gasteiger partial charge on any atom is -0.369 e. The van der Waals surface area contributed by atoms with E-state index in [0.29, 0.717) is 6.04 Å². The van der Waals surface area contributed by atoms with Crippen molar-refractivity contribution in [2.24, 2.45) is 5.92 Å².